The lowest BCUT2D eigenvalue weighted by atomic mass is 10.1. The summed E-state index contributed by atoms with van der Waals surface area (Å²) in [6.07, 6.45) is 12.1. The van der Waals surface area contributed by atoms with Crippen molar-refractivity contribution in [3.63, 3.8) is 0 Å². The maximum atomic E-state index is 4.63. The van der Waals surface area contributed by atoms with Crippen LogP contribution in [0.3, 0.4) is 0 Å². The third-order valence-corrected chi connectivity index (χ3v) is 10.6. The van der Waals surface area contributed by atoms with Crippen LogP contribution in [-0.2, 0) is 0 Å². The van der Waals surface area contributed by atoms with Crippen LogP contribution in [0.25, 0.3) is 11.1 Å². The first-order chi connectivity index (χ1) is 14.0. The molecule has 3 rings (SSSR count). The van der Waals surface area contributed by atoms with Crippen LogP contribution >= 0.6 is 0 Å². The fourth-order valence-electron chi connectivity index (χ4n) is 4.30. The van der Waals surface area contributed by atoms with E-state index in [0.29, 0.717) is 0 Å². The summed E-state index contributed by atoms with van der Waals surface area (Å²) in [4.78, 5) is 0. The van der Waals surface area contributed by atoms with Crippen LogP contribution in [-0.4, -0.2) is 8.07 Å². The monoisotopic (exact) mass is 392 g/mol. The Labute approximate surface area is 176 Å². The number of hydrogen-bond acceptors (Lipinski definition) is 0. The molecule has 0 saturated heterocycles. The molecular weight excluding hydrogens is 364 g/mol. The Morgan fingerprint density at radius 3 is 1.90 bits per heavy atom. The Hall–Kier alpha value is -3.16. The van der Waals surface area contributed by atoms with Crippen molar-refractivity contribution in [1.82, 2.24) is 0 Å². The molecule has 0 N–H and O–H groups in total. The molecule has 0 spiro atoms. The highest BCUT2D eigenvalue weighted by atomic mass is 28.3. The highest BCUT2D eigenvalue weighted by Crippen LogP contribution is 2.36. The topological polar surface area (TPSA) is 0 Å². The number of rotatable bonds is 7. The molecule has 2 aromatic rings. The molecule has 0 fully saturated rings. The average molecular weight is 393 g/mol. The van der Waals surface area contributed by atoms with Crippen molar-refractivity contribution in [2.75, 3.05) is 0 Å². The normalized spacial score (nSPS) is 15.0. The SMILES string of the molecule is C=C/C=C(\C)[Si]1(C(=C)/C=C(C)/C=C\C(=C)C=C)c2ccccc2-c2ccccc21. The van der Waals surface area contributed by atoms with Crippen LogP contribution < -0.4 is 10.4 Å². The van der Waals surface area contributed by atoms with Gasteiger partial charge in [-0.1, -0.05) is 127 Å². The summed E-state index contributed by atoms with van der Waals surface area (Å²) in [6.45, 7) is 20.7. The van der Waals surface area contributed by atoms with Gasteiger partial charge in [-0.25, -0.2) is 0 Å². The summed E-state index contributed by atoms with van der Waals surface area (Å²) >= 11 is 0. The number of allylic oxidation sites excluding steroid dienone is 10. The van der Waals surface area contributed by atoms with Crippen LogP contribution in [0.2, 0.25) is 0 Å². The van der Waals surface area contributed by atoms with E-state index in [0.717, 1.165) is 11.1 Å². The second kappa shape index (κ2) is 8.46. The van der Waals surface area contributed by atoms with Crippen LogP contribution in [0.1, 0.15) is 13.8 Å². The Kier molecular flexibility index (Phi) is 6.00. The third-order valence-electron chi connectivity index (χ3n) is 5.62. The first-order valence-electron chi connectivity index (χ1n) is 9.83. The zero-order valence-electron chi connectivity index (χ0n) is 17.4. The van der Waals surface area contributed by atoms with Crippen molar-refractivity contribution >= 4 is 18.4 Å². The highest BCUT2D eigenvalue weighted by molar-refractivity contribution is 7.15. The predicted octanol–water partition coefficient (Wildman–Crippen LogP) is 6.24. The first kappa shape index (κ1) is 20.6. The number of fused-ring (bicyclic) bond motifs is 3. The summed E-state index contributed by atoms with van der Waals surface area (Å²) in [7, 11) is -2.39. The minimum absolute atomic E-state index is 0.898. The van der Waals surface area contributed by atoms with Gasteiger partial charge in [0.05, 0.1) is 0 Å². The quantitative estimate of drug-likeness (QED) is 0.386. The second-order valence-electron chi connectivity index (χ2n) is 7.45. The van der Waals surface area contributed by atoms with Gasteiger partial charge in [0.25, 0.3) is 0 Å². The maximum absolute atomic E-state index is 4.63. The summed E-state index contributed by atoms with van der Waals surface area (Å²) in [6, 6.07) is 17.6. The zero-order chi connectivity index (χ0) is 21.0. The Morgan fingerprint density at radius 2 is 1.38 bits per heavy atom. The minimum Gasteiger partial charge on any atom is -0.0991 e. The van der Waals surface area contributed by atoms with Gasteiger partial charge < -0.3 is 0 Å². The number of benzene rings is 2. The van der Waals surface area contributed by atoms with Gasteiger partial charge in [0, 0.05) is 0 Å². The molecule has 2 aromatic carbocycles. The van der Waals surface area contributed by atoms with E-state index >= 15 is 0 Å². The van der Waals surface area contributed by atoms with Gasteiger partial charge in [0.2, 0.25) is 0 Å². The van der Waals surface area contributed by atoms with Crippen molar-refractivity contribution in [3.05, 3.63) is 133 Å². The van der Waals surface area contributed by atoms with Gasteiger partial charge in [0.1, 0.15) is 0 Å². The molecule has 0 bridgehead atoms. The Bertz CT molecular complexity index is 1040. The maximum Gasteiger partial charge on any atom is 0.175 e. The molecule has 0 aromatic heterocycles. The molecule has 0 amide bonds. The first-order valence-corrected chi connectivity index (χ1v) is 11.8. The van der Waals surface area contributed by atoms with Gasteiger partial charge in [-0.3, -0.25) is 0 Å². The van der Waals surface area contributed by atoms with E-state index in [2.05, 4.69) is 107 Å². The molecule has 0 unspecified atom stereocenters. The average Bonchev–Trinajstić information content (AvgIpc) is 3.03. The largest absolute Gasteiger partial charge is 0.175 e. The van der Waals surface area contributed by atoms with Gasteiger partial charge in [0.15, 0.2) is 8.07 Å². The van der Waals surface area contributed by atoms with Gasteiger partial charge >= 0.3 is 0 Å². The van der Waals surface area contributed by atoms with Crippen molar-refractivity contribution in [2.24, 2.45) is 0 Å². The summed E-state index contributed by atoms with van der Waals surface area (Å²) in [5.74, 6) is 0. The molecule has 0 radical (unpaired) electrons. The summed E-state index contributed by atoms with van der Waals surface area (Å²) in [5.41, 5.74) is 4.71. The summed E-state index contributed by atoms with van der Waals surface area (Å²) in [5, 5.41) is 5.34. The minimum atomic E-state index is -2.39. The van der Waals surface area contributed by atoms with E-state index in [9.17, 15) is 0 Å². The smallest absolute Gasteiger partial charge is 0.0991 e. The molecule has 1 heterocycles. The summed E-state index contributed by atoms with van der Waals surface area (Å²) < 4.78 is 0. The lowest BCUT2D eigenvalue weighted by molar-refractivity contribution is 1.49. The fraction of sp³-hybridized carbons (Fsp3) is 0.0714. The molecule has 29 heavy (non-hydrogen) atoms. The zero-order valence-corrected chi connectivity index (χ0v) is 18.4. The van der Waals surface area contributed by atoms with Crippen molar-refractivity contribution < 1.29 is 0 Å². The predicted molar refractivity (Wildman–Crippen MR) is 132 cm³/mol. The molecule has 1 aliphatic heterocycles. The molecule has 0 nitrogen and oxygen atoms in total. The molecule has 0 aliphatic carbocycles. The molecule has 1 aliphatic rings. The Morgan fingerprint density at radius 1 is 0.828 bits per heavy atom. The molecule has 0 saturated carbocycles. The van der Waals surface area contributed by atoms with E-state index in [1.54, 1.807) is 6.08 Å². The lowest BCUT2D eigenvalue weighted by Crippen LogP contribution is -2.58. The molecule has 144 valence electrons. The van der Waals surface area contributed by atoms with E-state index in [-0.39, 0.29) is 0 Å². The van der Waals surface area contributed by atoms with Gasteiger partial charge in [-0.2, -0.15) is 0 Å². The van der Waals surface area contributed by atoms with Gasteiger partial charge in [-0.05, 0) is 40.9 Å². The van der Waals surface area contributed by atoms with Crippen LogP contribution in [0.15, 0.2) is 133 Å². The van der Waals surface area contributed by atoms with E-state index in [1.807, 2.05) is 12.2 Å². The Balaban J connectivity index is 2.26. The third kappa shape index (κ3) is 3.50. The van der Waals surface area contributed by atoms with Crippen LogP contribution in [0.5, 0.6) is 0 Å². The molecule has 1 heteroatoms. The second-order valence-corrected chi connectivity index (χ2v) is 11.5. The van der Waals surface area contributed by atoms with E-state index < -0.39 is 8.07 Å². The van der Waals surface area contributed by atoms with Crippen LogP contribution in [0, 0.1) is 0 Å². The van der Waals surface area contributed by atoms with E-state index in [4.69, 9.17) is 0 Å². The van der Waals surface area contributed by atoms with Crippen LogP contribution in [0.4, 0.5) is 0 Å². The van der Waals surface area contributed by atoms with Crippen molar-refractivity contribution in [1.29, 1.82) is 0 Å². The van der Waals surface area contributed by atoms with Gasteiger partial charge in [-0.15, -0.1) is 0 Å². The number of hydrogen-bond donors (Lipinski definition) is 0. The standard InChI is InChI=1S/C28H28Si/c1-7-13-23(5)29(24(6)20-22(4)19-18-21(3)8-2)27-16-11-9-14-25(27)26-15-10-12-17-28(26)29/h7-20H,1-3,6H2,4-5H3/b19-18-,22-20+,23-13+. The lowest BCUT2D eigenvalue weighted by Gasteiger charge is -2.32. The van der Waals surface area contributed by atoms with E-state index in [1.165, 1.54) is 31.9 Å². The van der Waals surface area contributed by atoms with Crippen molar-refractivity contribution in [2.45, 2.75) is 13.8 Å². The molecule has 0 atom stereocenters. The fourth-order valence-corrected chi connectivity index (χ4v) is 9.39. The highest BCUT2D eigenvalue weighted by Gasteiger charge is 2.48. The van der Waals surface area contributed by atoms with Crippen molar-refractivity contribution in [3.8, 4) is 11.1 Å². The molecular formula is C28H28Si.